The zero-order valence-corrected chi connectivity index (χ0v) is 11.3. The fraction of sp³-hybridized carbons (Fsp3) is 0.846. The van der Waals surface area contributed by atoms with Gasteiger partial charge in [0.15, 0.2) is 0 Å². The van der Waals surface area contributed by atoms with E-state index in [1.54, 1.807) is 7.05 Å². The van der Waals surface area contributed by atoms with E-state index >= 15 is 0 Å². The summed E-state index contributed by atoms with van der Waals surface area (Å²) in [4.78, 5) is 16.0. The zero-order valence-electron chi connectivity index (χ0n) is 11.3. The number of amides is 1. The number of rotatable bonds is 4. The Morgan fingerprint density at radius 2 is 1.94 bits per heavy atom. The number of amidine groups is 1. The van der Waals surface area contributed by atoms with Gasteiger partial charge >= 0.3 is 0 Å². The van der Waals surface area contributed by atoms with Crippen molar-refractivity contribution < 1.29 is 4.79 Å². The average Bonchev–Trinajstić information content (AvgIpc) is 2.36. The molecule has 0 aromatic heterocycles. The first-order chi connectivity index (χ1) is 7.97. The molecule has 1 aliphatic carbocycles. The summed E-state index contributed by atoms with van der Waals surface area (Å²) in [5.74, 6) is 1.18. The van der Waals surface area contributed by atoms with Crippen molar-refractivity contribution in [2.75, 3.05) is 13.6 Å². The van der Waals surface area contributed by atoms with Crippen LogP contribution in [0.25, 0.3) is 0 Å². The zero-order chi connectivity index (χ0) is 12.9. The minimum absolute atomic E-state index is 0.0118. The molecule has 0 aromatic rings. The number of aliphatic imine (C=N–C) groups is 1. The lowest BCUT2D eigenvalue weighted by Crippen LogP contribution is -2.37. The van der Waals surface area contributed by atoms with E-state index in [2.05, 4.69) is 10.3 Å². The molecule has 1 amide bonds. The van der Waals surface area contributed by atoms with Crippen LogP contribution in [0.3, 0.4) is 0 Å². The smallest absolute Gasteiger partial charge is 0.227 e. The van der Waals surface area contributed by atoms with Gasteiger partial charge in [0.1, 0.15) is 0 Å². The molecule has 17 heavy (non-hydrogen) atoms. The molecule has 0 radical (unpaired) electrons. The molecule has 0 heterocycles. The number of carbonyl (C=O) groups excluding carboxylic acids is 1. The molecule has 0 aromatic carbocycles. The second kappa shape index (κ2) is 6.03. The molecule has 1 rings (SSSR count). The van der Waals surface area contributed by atoms with E-state index in [1.165, 1.54) is 19.3 Å². The monoisotopic (exact) mass is 239 g/mol. The van der Waals surface area contributed by atoms with Gasteiger partial charge in [-0.3, -0.25) is 9.79 Å². The standard InChI is InChI=1S/C13H25N3O/c1-13(2,12(17)15-3)9-16-11(14)10-7-5-4-6-8-10/h10H,4-9H2,1-3H3,(H2,14,16)(H,15,17). The van der Waals surface area contributed by atoms with Gasteiger partial charge in [-0.25, -0.2) is 0 Å². The molecule has 1 fully saturated rings. The lowest BCUT2D eigenvalue weighted by atomic mass is 9.88. The van der Waals surface area contributed by atoms with Gasteiger partial charge in [0.25, 0.3) is 0 Å². The molecular formula is C13H25N3O. The molecular weight excluding hydrogens is 214 g/mol. The van der Waals surface area contributed by atoms with Crippen molar-refractivity contribution in [3.63, 3.8) is 0 Å². The molecule has 98 valence electrons. The Kier molecular flexibility index (Phi) is 4.97. The van der Waals surface area contributed by atoms with Crippen LogP contribution in [0.2, 0.25) is 0 Å². The molecule has 4 nitrogen and oxygen atoms in total. The maximum Gasteiger partial charge on any atom is 0.227 e. The minimum Gasteiger partial charge on any atom is -0.387 e. The highest BCUT2D eigenvalue weighted by atomic mass is 16.2. The summed E-state index contributed by atoms with van der Waals surface area (Å²) in [6.07, 6.45) is 6.11. The largest absolute Gasteiger partial charge is 0.387 e. The predicted molar refractivity (Wildman–Crippen MR) is 70.9 cm³/mol. The maximum atomic E-state index is 11.6. The number of carbonyl (C=O) groups is 1. The second-order valence-electron chi connectivity index (χ2n) is 5.54. The summed E-state index contributed by atoms with van der Waals surface area (Å²) >= 11 is 0. The van der Waals surface area contributed by atoms with Crippen LogP contribution < -0.4 is 11.1 Å². The lowest BCUT2D eigenvalue weighted by molar-refractivity contribution is -0.128. The summed E-state index contributed by atoms with van der Waals surface area (Å²) in [6, 6.07) is 0. The molecule has 0 bridgehead atoms. The van der Waals surface area contributed by atoms with E-state index in [0.29, 0.717) is 12.5 Å². The van der Waals surface area contributed by atoms with Crippen LogP contribution in [-0.2, 0) is 4.79 Å². The van der Waals surface area contributed by atoms with E-state index in [4.69, 9.17) is 5.73 Å². The molecule has 0 aliphatic heterocycles. The van der Waals surface area contributed by atoms with Gasteiger partial charge in [-0.2, -0.15) is 0 Å². The van der Waals surface area contributed by atoms with Crippen molar-refractivity contribution in [1.82, 2.24) is 5.32 Å². The number of hydrogen-bond acceptors (Lipinski definition) is 2. The van der Waals surface area contributed by atoms with E-state index in [1.807, 2.05) is 13.8 Å². The predicted octanol–water partition coefficient (Wildman–Crippen LogP) is 1.70. The average molecular weight is 239 g/mol. The van der Waals surface area contributed by atoms with Crippen LogP contribution in [0, 0.1) is 11.3 Å². The Morgan fingerprint density at radius 3 is 2.47 bits per heavy atom. The number of nitrogens with zero attached hydrogens (tertiary/aromatic N) is 1. The van der Waals surface area contributed by atoms with Crippen molar-refractivity contribution in [1.29, 1.82) is 0 Å². The summed E-state index contributed by atoms with van der Waals surface area (Å²) in [7, 11) is 1.65. The summed E-state index contributed by atoms with van der Waals surface area (Å²) < 4.78 is 0. The van der Waals surface area contributed by atoms with Crippen molar-refractivity contribution >= 4 is 11.7 Å². The normalized spacial score (nSPS) is 19.1. The molecule has 0 unspecified atom stereocenters. The second-order valence-corrected chi connectivity index (χ2v) is 5.54. The number of nitrogens with two attached hydrogens (primary N) is 1. The molecule has 1 aliphatic rings. The Bertz CT molecular complexity index is 291. The fourth-order valence-corrected chi connectivity index (χ4v) is 2.23. The Labute approximate surface area is 104 Å². The first-order valence-corrected chi connectivity index (χ1v) is 6.49. The summed E-state index contributed by atoms with van der Waals surface area (Å²) in [6.45, 7) is 4.25. The minimum atomic E-state index is -0.478. The molecule has 0 atom stereocenters. The van der Waals surface area contributed by atoms with E-state index < -0.39 is 5.41 Å². The van der Waals surface area contributed by atoms with E-state index in [9.17, 15) is 4.79 Å². The number of hydrogen-bond donors (Lipinski definition) is 2. The van der Waals surface area contributed by atoms with Crippen LogP contribution in [0.4, 0.5) is 0 Å². The van der Waals surface area contributed by atoms with Gasteiger partial charge in [0.2, 0.25) is 5.91 Å². The molecule has 3 N–H and O–H groups in total. The fourth-order valence-electron chi connectivity index (χ4n) is 2.23. The quantitative estimate of drug-likeness (QED) is 0.579. The van der Waals surface area contributed by atoms with E-state index in [0.717, 1.165) is 18.7 Å². The van der Waals surface area contributed by atoms with Crippen LogP contribution in [0.5, 0.6) is 0 Å². The van der Waals surface area contributed by atoms with E-state index in [-0.39, 0.29) is 5.91 Å². The first-order valence-electron chi connectivity index (χ1n) is 6.49. The van der Waals surface area contributed by atoms with Gasteiger partial charge in [-0.1, -0.05) is 19.3 Å². The third kappa shape index (κ3) is 4.02. The molecule has 0 spiro atoms. The molecule has 4 heteroatoms. The topological polar surface area (TPSA) is 67.5 Å². The highest BCUT2D eigenvalue weighted by Gasteiger charge is 2.27. The third-order valence-electron chi connectivity index (χ3n) is 3.52. The van der Waals surface area contributed by atoms with Crippen molar-refractivity contribution in [3.8, 4) is 0 Å². The van der Waals surface area contributed by atoms with Gasteiger partial charge in [0.05, 0.1) is 17.8 Å². The number of nitrogens with one attached hydrogen (secondary N) is 1. The van der Waals surface area contributed by atoms with Crippen LogP contribution in [-0.4, -0.2) is 25.3 Å². The van der Waals surface area contributed by atoms with Gasteiger partial charge in [-0.05, 0) is 26.7 Å². The van der Waals surface area contributed by atoms with Gasteiger partial charge in [0, 0.05) is 13.0 Å². The van der Waals surface area contributed by atoms with Crippen LogP contribution in [0.1, 0.15) is 46.0 Å². The summed E-state index contributed by atoms with van der Waals surface area (Å²) in [5, 5.41) is 2.66. The summed E-state index contributed by atoms with van der Waals surface area (Å²) in [5.41, 5.74) is 5.54. The Hall–Kier alpha value is -1.06. The maximum absolute atomic E-state index is 11.6. The van der Waals surface area contributed by atoms with Crippen molar-refractivity contribution in [3.05, 3.63) is 0 Å². The SMILES string of the molecule is CNC(=O)C(C)(C)CN=C(N)C1CCCCC1. The highest BCUT2D eigenvalue weighted by molar-refractivity contribution is 5.85. The van der Waals surface area contributed by atoms with Crippen LogP contribution >= 0.6 is 0 Å². The van der Waals surface area contributed by atoms with Crippen LogP contribution in [0.15, 0.2) is 4.99 Å². The first kappa shape index (κ1) is 14.0. The van der Waals surface area contributed by atoms with Gasteiger partial charge < -0.3 is 11.1 Å². The Morgan fingerprint density at radius 1 is 1.35 bits per heavy atom. The van der Waals surface area contributed by atoms with Crippen molar-refractivity contribution in [2.45, 2.75) is 46.0 Å². The third-order valence-corrected chi connectivity index (χ3v) is 3.52. The lowest BCUT2D eigenvalue weighted by Gasteiger charge is -2.23. The highest BCUT2D eigenvalue weighted by Crippen LogP contribution is 2.24. The molecule has 1 saturated carbocycles. The van der Waals surface area contributed by atoms with Gasteiger partial charge in [-0.15, -0.1) is 0 Å². The van der Waals surface area contributed by atoms with Crippen molar-refractivity contribution in [2.24, 2.45) is 22.1 Å². The molecule has 0 saturated heterocycles. The Balaban J connectivity index is 2.54.